The van der Waals surface area contributed by atoms with Crippen LogP contribution in [0.4, 0.5) is 5.82 Å². The maximum atomic E-state index is 5.94. The van der Waals surface area contributed by atoms with Gasteiger partial charge in [-0.05, 0) is 31.9 Å². The van der Waals surface area contributed by atoms with Gasteiger partial charge in [-0.1, -0.05) is 5.16 Å². The van der Waals surface area contributed by atoms with Crippen molar-refractivity contribution in [3.63, 3.8) is 0 Å². The molecule has 2 unspecified atom stereocenters. The van der Waals surface area contributed by atoms with Gasteiger partial charge in [-0.25, -0.2) is 0 Å². The van der Waals surface area contributed by atoms with Crippen LogP contribution in [0, 0.1) is 0 Å². The van der Waals surface area contributed by atoms with E-state index in [-0.39, 0.29) is 12.1 Å². The quantitative estimate of drug-likeness (QED) is 0.782. The molecule has 8 heteroatoms. The molecular weight excluding hydrogens is 320 g/mol. The Bertz CT molecular complexity index is 689. The second-order valence-corrected chi connectivity index (χ2v) is 6.89. The molecule has 0 spiro atoms. The Kier molecular flexibility index (Phi) is 4.63. The summed E-state index contributed by atoms with van der Waals surface area (Å²) in [7, 11) is 2.01. The third-order valence-electron chi connectivity index (χ3n) is 4.90. The first-order valence-electron chi connectivity index (χ1n) is 8.88. The Balaban J connectivity index is 1.36. The largest absolute Gasteiger partial charge is 0.374 e. The predicted octanol–water partition coefficient (Wildman–Crippen LogP) is 1.64. The monoisotopic (exact) mass is 344 g/mol. The molecule has 0 bridgehead atoms. The van der Waals surface area contributed by atoms with Gasteiger partial charge < -0.3 is 14.2 Å². The lowest BCUT2D eigenvalue weighted by Gasteiger charge is -2.37. The van der Waals surface area contributed by atoms with Crippen molar-refractivity contribution in [1.82, 2.24) is 25.2 Å². The van der Waals surface area contributed by atoms with Gasteiger partial charge in [0.15, 0.2) is 11.6 Å². The minimum atomic E-state index is 0.105. The number of nitrogens with zero attached hydrogens (tertiary/aromatic N) is 6. The summed E-state index contributed by atoms with van der Waals surface area (Å²) in [6.07, 6.45) is 4.15. The van der Waals surface area contributed by atoms with E-state index in [4.69, 9.17) is 9.26 Å². The lowest BCUT2D eigenvalue weighted by molar-refractivity contribution is -0.0408. The van der Waals surface area contributed by atoms with Crippen LogP contribution in [0.2, 0.25) is 0 Å². The molecule has 0 radical (unpaired) electrons. The van der Waals surface area contributed by atoms with Gasteiger partial charge in [0.2, 0.25) is 5.89 Å². The maximum absolute atomic E-state index is 5.94. The minimum Gasteiger partial charge on any atom is -0.374 e. The van der Waals surface area contributed by atoms with Crippen LogP contribution in [0.3, 0.4) is 0 Å². The molecule has 1 saturated heterocycles. The average molecular weight is 344 g/mol. The van der Waals surface area contributed by atoms with Crippen LogP contribution < -0.4 is 4.90 Å². The summed E-state index contributed by atoms with van der Waals surface area (Å²) in [6, 6.07) is 3.95. The van der Waals surface area contributed by atoms with E-state index in [2.05, 4.69) is 37.1 Å². The molecule has 2 fully saturated rings. The standard InChI is InChI=1S/C17H24N6O2/c1-12(17-19-16(21-25-17)13-5-6-13)23-8-9-24-14(11-23)10-22(2)15-4-3-7-18-20-15/h3-4,7,12-14H,5-6,8-11H2,1-2H3. The first-order valence-corrected chi connectivity index (χ1v) is 8.88. The van der Waals surface area contributed by atoms with Gasteiger partial charge in [0.25, 0.3) is 0 Å². The summed E-state index contributed by atoms with van der Waals surface area (Å²) in [6.45, 7) is 5.28. The van der Waals surface area contributed by atoms with Crippen molar-refractivity contribution in [2.45, 2.75) is 37.8 Å². The molecule has 1 saturated carbocycles. The van der Waals surface area contributed by atoms with Crippen molar-refractivity contribution in [2.75, 3.05) is 38.2 Å². The van der Waals surface area contributed by atoms with Gasteiger partial charge in [-0.3, -0.25) is 4.90 Å². The van der Waals surface area contributed by atoms with E-state index in [0.717, 1.165) is 31.3 Å². The van der Waals surface area contributed by atoms with Gasteiger partial charge in [0.05, 0.1) is 18.8 Å². The number of rotatable bonds is 6. The lowest BCUT2D eigenvalue weighted by atomic mass is 10.2. The maximum Gasteiger partial charge on any atom is 0.243 e. The van der Waals surface area contributed by atoms with Crippen LogP contribution in [0.1, 0.15) is 43.4 Å². The highest BCUT2D eigenvalue weighted by molar-refractivity contribution is 5.35. The summed E-state index contributed by atoms with van der Waals surface area (Å²) in [5.41, 5.74) is 0. The van der Waals surface area contributed by atoms with Gasteiger partial charge >= 0.3 is 0 Å². The summed E-state index contributed by atoms with van der Waals surface area (Å²) in [4.78, 5) is 9.02. The molecule has 0 N–H and O–H groups in total. The SMILES string of the molecule is CC(c1nc(C2CC2)no1)N1CCOC(CN(C)c2cccnn2)C1. The van der Waals surface area contributed by atoms with Crippen molar-refractivity contribution in [3.05, 3.63) is 30.0 Å². The van der Waals surface area contributed by atoms with Crippen molar-refractivity contribution < 1.29 is 9.26 Å². The molecule has 4 rings (SSSR count). The Labute approximate surface area is 147 Å². The van der Waals surface area contributed by atoms with E-state index in [1.807, 2.05) is 19.2 Å². The second-order valence-electron chi connectivity index (χ2n) is 6.89. The molecule has 0 aromatic carbocycles. The molecule has 8 nitrogen and oxygen atoms in total. The van der Waals surface area contributed by atoms with Crippen LogP contribution in [0.5, 0.6) is 0 Å². The highest BCUT2D eigenvalue weighted by atomic mass is 16.5. The van der Waals surface area contributed by atoms with Crippen LogP contribution in [-0.4, -0.2) is 64.6 Å². The summed E-state index contributed by atoms with van der Waals surface area (Å²) < 4.78 is 11.4. The lowest BCUT2D eigenvalue weighted by Crippen LogP contribution is -2.47. The fourth-order valence-corrected chi connectivity index (χ4v) is 3.18. The number of anilines is 1. The average Bonchev–Trinajstić information content (AvgIpc) is 3.39. The van der Waals surface area contributed by atoms with Crippen LogP contribution in [-0.2, 0) is 4.74 Å². The predicted molar refractivity (Wildman–Crippen MR) is 91.3 cm³/mol. The normalized spacial score (nSPS) is 22.7. The van der Waals surface area contributed by atoms with E-state index in [1.54, 1.807) is 6.20 Å². The molecule has 2 aliphatic rings. The Morgan fingerprint density at radius 3 is 3.04 bits per heavy atom. The van der Waals surface area contributed by atoms with Gasteiger partial charge in [-0.2, -0.15) is 10.1 Å². The van der Waals surface area contributed by atoms with Crippen molar-refractivity contribution in [3.8, 4) is 0 Å². The number of hydrogen-bond acceptors (Lipinski definition) is 8. The summed E-state index contributed by atoms with van der Waals surface area (Å²) in [5, 5.41) is 12.2. The zero-order valence-electron chi connectivity index (χ0n) is 14.7. The molecule has 2 atom stereocenters. The van der Waals surface area contributed by atoms with E-state index >= 15 is 0 Å². The topological polar surface area (TPSA) is 80.4 Å². The Morgan fingerprint density at radius 2 is 2.28 bits per heavy atom. The molecule has 2 aromatic rings. The van der Waals surface area contributed by atoms with Gasteiger partial charge in [0, 0.05) is 38.8 Å². The zero-order chi connectivity index (χ0) is 17.2. The molecular formula is C17H24N6O2. The molecule has 1 aliphatic carbocycles. The molecule has 25 heavy (non-hydrogen) atoms. The first kappa shape index (κ1) is 16.4. The van der Waals surface area contributed by atoms with Crippen molar-refractivity contribution in [2.24, 2.45) is 0 Å². The third kappa shape index (κ3) is 3.80. The van der Waals surface area contributed by atoms with Crippen LogP contribution in [0.25, 0.3) is 0 Å². The minimum absolute atomic E-state index is 0.105. The zero-order valence-corrected chi connectivity index (χ0v) is 14.7. The number of aromatic nitrogens is 4. The van der Waals surface area contributed by atoms with Crippen LogP contribution >= 0.6 is 0 Å². The molecule has 2 aromatic heterocycles. The second kappa shape index (κ2) is 7.05. The van der Waals surface area contributed by atoms with Crippen LogP contribution in [0.15, 0.2) is 22.9 Å². The number of morpholine rings is 1. The van der Waals surface area contributed by atoms with Crippen molar-refractivity contribution >= 4 is 5.82 Å². The molecule has 1 aliphatic heterocycles. The Morgan fingerprint density at radius 1 is 1.40 bits per heavy atom. The number of likely N-dealkylation sites (N-methyl/N-ethyl adjacent to an activating group) is 1. The number of hydrogen-bond donors (Lipinski definition) is 0. The molecule has 3 heterocycles. The molecule has 134 valence electrons. The van der Waals surface area contributed by atoms with Crippen molar-refractivity contribution in [1.29, 1.82) is 0 Å². The van der Waals surface area contributed by atoms with E-state index in [1.165, 1.54) is 12.8 Å². The smallest absolute Gasteiger partial charge is 0.243 e. The molecule has 0 amide bonds. The van der Waals surface area contributed by atoms with E-state index < -0.39 is 0 Å². The van der Waals surface area contributed by atoms with E-state index in [9.17, 15) is 0 Å². The number of ether oxygens (including phenoxy) is 1. The fraction of sp³-hybridized carbons (Fsp3) is 0.647. The Hall–Kier alpha value is -2.06. The summed E-state index contributed by atoms with van der Waals surface area (Å²) >= 11 is 0. The first-order chi connectivity index (χ1) is 12.2. The van der Waals surface area contributed by atoms with Gasteiger partial charge in [0.1, 0.15) is 0 Å². The highest BCUT2D eigenvalue weighted by Crippen LogP contribution is 2.38. The summed E-state index contributed by atoms with van der Waals surface area (Å²) in [5.74, 6) is 2.95. The third-order valence-corrected chi connectivity index (χ3v) is 4.90. The van der Waals surface area contributed by atoms with Gasteiger partial charge in [-0.15, -0.1) is 5.10 Å². The fourth-order valence-electron chi connectivity index (χ4n) is 3.18. The highest BCUT2D eigenvalue weighted by Gasteiger charge is 2.32. The van der Waals surface area contributed by atoms with E-state index in [0.29, 0.717) is 18.4 Å².